The molecule has 1 N–H and O–H groups in total. The van der Waals surface area contributed by atoms with Crippen molar-refractivity contribution < 1.29 is 24.0 Å². The van der Waals surface area contributed by atoms with Gasteiger partial charge in [0.2, 0.25) is 0 Å². The zero-order valence-electron chi connectivity index (χ0n) is 15.1. The number of fused-ring (bicyclic) bond motifs is 1. The fourth-order valence-corrected chi connectivity index (χ4v) is 2.50. The zero-order chi connectivity index (χ0) is 21.0. The molecule has 3 rings (SSSR count). The fraction of sp³-hybridized carbons (Fsp3) is 0.105. The number of benzene rings is 2. The van der Waals surface area contributed by atoms with Crippen LogP contribution in [0.2, 0.25) is 0 Å². The molecule has 29 heavy (non-hydrogen) atoms. The van der Waals surface area contributed by atoms with Crippen LogP contribution in [0.4, 0.5) is 5.69 Å². The quantitative estimate of drug-likeness (QED) is 0.288. The lowest BCUT2D eigenvalue weighted by atomic mass is 10.1. The highest BCUT2D eigenvalue weighted by molar-refractivity contribution is 5.86. The van der Waals surface area contributed by atoms with Crippen LogP contribution in [0.25, 0.3) is 11.0 Å². The molecular weight excluding hydrogens is 382 g/mol. The van der Waals surface area contributed by atoms with E-state index in [0.717, 1.165) is 35.4 Å². The van der Waals surface area contributed by atoms with Crippen molar-refractivity contribution in [2.24, 2.45) is 5.10 Å². The molecule has 0 atom stereocenters. The molecule has 0 radical (unpaired) electrons. The summed E-state index contributed by atoms with van der Waals surface area (Å²) < 4.78 is 10.4. The van der Waals surface area contributed by atoms with E-state index in [-0.39, 0.29) is 11.3 Å². The van der Waals surface area contributed by atoms with E-state index in [1.807, 2.05) is 0 Å². The van der Waals surface area contributed by atoms with Gasteiger partial charge < -0.3 is 14.3 Å². The maximum Gasteiger partial charge on any atom is 0.336 e. The highest BCUT2D eigenvalue weighted by Gasteiger charge is 2.07. The van der Waals surface area contributed by atoms with Crippen molar-refractivity contribution in [3.63, 3.8) is 0 Å². The van der Waals surface area contributed by atoms with Gasteiger partial charge in [0.05, 0.1) is 11.1 Å². The van der Waals surface area contributed by atoms with Crippen LogP contribution in [0.1, 0.15) is 11.1 Å². The summed E-state index contributed by atoms with van der Waals surface area (Å²) in [6.07, 6.45) is 1.01. The minimum absolute atomic E-state index is 0.0413. The minimum Gasteiger partial charge on any atom is -0.872 e. The monoisotopic (exact) mass is 396 g/mol. The van der Waals surface area contributed by atoms with Crippen LogP contribution >= 0.6 is 0 Å². The molecule has 0 saturated heterocycles. The Kier molecular flexibility index (Phi) is 5.54. The number of nitro groups is 1. The van der Waals surface area contributed by atoms with Gasteiger partial charge in [0.15, 0.2) is 6.61 Å². The number of nitro benzene ring substituents is 1. The summed E-state index contributed by atoms with van der Waals surface area (Å²) in [5.41, 5.74) is 2.45. The van der Waals surface area contributed by atoms with Crippen molar-refractivity contribution in [1.29, 1.82) is 0 Å². The summed E-state index contributed by atoms with van der Waals surface area (Å²) in [6, 6.07) is 9.38. The standard InChI is InChI=1S/C19H15N3O7/c1-11-6-19(25)29-17-8-14(3-4-15(11)17)28-10-18(24)21-20-9-12-7-13(22(26)27)2-5-16(12)23/h2-9,23H,10H2,1H3,(H,21,24)/p-1/b20-9-. The first-order valence-corrected chi connectivity index (χ1v) is 8.28. The van der Waals surface area contributed by atoms with Gasteiger partial charge in [-0.15, -0.1) is 0 Å². The van der Waals surface area contributed by atoms with Crippen LogP contribution in [0.15, 0.2) is 56.8 Å². The van der Waals surface area contributed by atoms with Crippen molar-refractivity contribution >= 4 is 28.8 Å². The highest BCUT2D eigenvalue weighted by Crippen LogP contribution is 2.22. The van der Waals surface area contributed by atoms with Crippen LogP contribution in [0.3, 0.4) is 0 Å². The number of hydrogen-bond donors (Lipinski definition) is 1. The number of nitrogens with one attached hydrogen (secondary N) is 1. The molecule has 148 valence electrons. The Morgan fingerprint density at radius 3 is 2.83 bits per heavy atom. The summed E-state index contributed by atoms with van der Waals surface area (Å²) in [5.74, 6) is -0.784. The lowest BCUT2D eigenvalue weighted by molar-refractivity contribution is -0.385. The van der Waals surface area contributed by atoms with Crippen molar-refractivity contribution in [1.82, 2.24) is 5.43 Å². The Morgan fingerprint density at radius 1 is 1.28 bits per heavy atom. The van der Waals surface area contributed by atoms with Gasteiger partial charge in [-0.05, 0) is 30.2 Å². The van der Waals surface area contributed by atoms with Crippen LogP contribution in [-0.4, -0.2) is 23.7 Å². The van der Waals surface area contributed by atoms with E-state index in [1.165, 1.54) is 12.1 Å². The first-order valence-electron chi connectivity index (χ1n) is 8.28. The summed E-state index contributed by atoms with van der Waals surface area (Å²) in [4.78, 5) is 33.4. The molecule has 0 bridgehead atoms. The third-order valence-corrected chi connectivity index (χ3v) is 3.89. The Bertz CT molecular complexity index is 1180. The van der Waals surface area contributed by atoms with Gasteiger partial charge in [0, 0.05) is 29.7 Å². The number of carbonyl (C=O) groups excluding carboxylic acids is 1. The molecule has 3 aromatic rings. The maximum atomic E-state index is 11.8. The van der Waals surface area contributed by atoms with E-state index < -0.39 is 28.8 Å². The molecule has 1 amide bonds. The lowest BCUT2D eigenvalue weighted by Gasteiger charge is -2.09. The summed E-state index contributed by atoms with van der Waals surface area (Å²) in [5, 5.41) is 26.7. The summed E-state index contributed by atoms with van der Waals surface area (Å²) in [6.45, 7) is 1.39. The third kappa shape index (κ3) is 4.75. The number of hydrazone groups is 1. The number of hydrogen-bond acceptors (Lipinski definition) is 8. The first-order chi connectivity index (χ1) is 13.8. The Labute approximate surface area is 163 Å². The summed E-state index contributed by atoms with van der Waals surface area (Å²) >= 11 is 0. The van der Waals surface area contributed by atoms with E-state index in [4.69, 9.17) is 9.15 Å². The lowest BCUT2D eigenvalue weighted by Crippen LogP contribution is -2.24. The van der Waals surface area contributed by atoms with Crippen LogP contribution in [-0.2, 0) is 4.79 Å². The number of carbonyl (C=O) groups is 1. The normalized spacial score (nSPS) is 10.9. The molecule has 0 saturated carbocycles. The van der Waals surface area contributed by atoms with Gasteiger partial charge in [-0.25, -0.2) is 10.2 Å². The minimum atomic E-state index is -0.643. The Hall–Kier alpha value is -4.21. The molecule has 0 aliphatic rings. The van der Waals surface area contributed by atoms with Crippen LogP contribution in [0.5, 0.6) is 11.5 Å². The van der Waals surface area contributed by atoms with E-state index in [0.29, 0.717) is 11.3 Å². The third-order valence-electron chi connectivity index (χ3n) is 3.89. The average molecular weight is 396 g/mol. The number of ether oxygens (including phenoxy) is 1. The van der Waals surface area contributed by atoms with Gasteiger partial charge in [0.25, 0.3) is 11.6 Å². The molecule has 10 nitrogen and oxygen atoms in total. The second kappa shape index (κ2) is 8.21. The van der Waals surface area contributed by atoms with Gasteiger partial charge >= 0.3 is 5.63 Å². The molecule has 0 aliphatic heterocycles. The van der Waals surface area contributed by atoms with Gasteiger partial charge in [-0.3, -0.25) is 14.9 Å². The van der Waals surface area contributed by atoms with Crippen molar-refractivity contribution in [2.75, 3.05) is 6.61 Å². The van der Waals surface area contributed by atoms with Gasteiger partial charge in [-0.2, -0.15) is 5.10 Å². The number of amides is 1. The van der Waals surface area contributed by atoms with Crippen molar-refractivity contribution in [3.8, 4) is 11.5 Å². The van der Waals surface area contributed by atoms with Crippen molar-refractivity contribution in [3.05, 3.63) is 74.1 Å². The van der Waals surface area contributed by atoms with Crippen molar-refractivity contribution in [2.45, 2.75) is 6.92 Å². The summed E-state index contributed by atoms with van der Waals surface area (Å²) in [7, 11) is 0. The molecule has 2 aromatic carbocycles. The zero-order valence-corrected chi connectivity index (χ0v) is 15.1. The molecule has 10 heteroatoms. The highest BCUT2D eigenvalue weighted by atomic mass is 16.6. The van der Waals surface area contributed by atoms with Gasteiger partial charge in [0.1, 0.15) is 11.3 Å². The Balaban J connectivity index is 1.61. The molecule has 0 unspecified atom stereocenters. The topological polar surface area (TPSA) is 147 Å². The molecule has 0 spiro atoms. The van der Waals surface area contributed by atoms with E-state index in [2.05, 4.69) is 10.5 Å². The second-order valence-corrected chi connectivity index (χ2v) is 5.97. The Morgan fingerprint density at radius 2 is 2.07 bits per heavy atom. The second-order valence-electron chi connectivity index (χ2n) is 5.97. The van der Waals surface area contributed by atoms with E-state index in [1.54, 1.807) is 19.1 Å². The fourth-order valence-electron chi connectivity index (χ4n) is 2.50. The number of non-ortho nitro benzene ring substituents is 1. The number of rotatable bonds is 6. The van der Waals surface area contributed by atoms with Gasteiger partial charge in [-0.1, -0.05) is 11.8 Å². The van der Waals surface area contributed by atoms with E-state index >= 15 is 0 Å². The molecule has 0 aliphatic carbocycles. The molecular formula is C19H14N3O7-. The molecule has 1 heterocycles. The molecule has 0 fully saturated rings. The number of aryl methyl sites for hydroxylation is 1. The smallest absolute Gasteiger partial charge is 0.336 e. The maximum absolute atomic E-state index is 11.8. The number of nitrogens with zero attached hydrogens (tertiary/aromatic N) is 2. The molecule has 1 aromatic heterocycles. The largest absolute Gasteiger partial charge is 0.872 e. The first kappa shape index (κ1) is 19.5. The van der Waals surface area contributed by atoms with E-state index in [9.17, 15) is 24.8 Å². The predicted molar refractivity (Wildman–Crippen MR) is 101 cm³/mol. The predicted octanol–water partition coefficient (Wildman–Crippen LogP) is 1.61. The van der Waals surface area contributed by atoms with Crippen LogP contribution < -0.4 is 20.9 Å². The SMILES string of the molecule is Cc1cc(=O)oc2cc(OCC(=O)N/N=C\c3cc([N+](=O)[O-])ccc3[O-])ccc12. The average Bonchev–Trinajstić information content (AvgIpc) is 2.67. The van der Waals surface area contributed by atoms with Crippen LogP contribution in [0, 0.1) is 17.0 Å².